The summed E-state index contributed by atoms with van der Waals surface area (Å²) in [5.41, 5.74) is 0. The second kappa shape index (κ2) is 59.8. The average Bonchev–Trinajstić information content (AvgIpc) is 3.56. The van der Waals surface area contributed by atoms with Crippen LogP contribution in [0.5, 0.6) is 0 Å². The molecule has 0 radical (unpaired) electrons. The van der Waals surface area contributed by atoms with Gasteiger partial charge in [0, 0.05) is 25.7 Å². The topological polar surface area (TPSA) is 237 Å². The maximum absolute atomic E-state index is 13.0. The largest absolute Gasteiger partial charge is 0.472 e. The van der Waals surface area contributed by atoms with E-state index in [4.69, 9.17) is 37.0 Å². The minimum Gasteiger partial charge on any atom is -0.462 e. The number of carbonyl (C=O) groups is 4. The summed E-state index contributed by atoms with van der Waals surface area (Å²) in [6, 6.07) is 0. The highest BCUT2D eigenvalue weighted by Crippen LogP contribution is 2.45. The maximum atomic E-state index is 13.0. The maximum Gasteiger partial charge on any atom is 0.472 e. The highest BCUT2D eigenvalue weighted by Gasteiger charge is 2.30. The van der Waals surface area contributed by atoms with E-state index in [1.165, 1.54) is 141 Å². The van der Waals surface area contributed by atoms with Gasteiger partial charge in [0.05, 0.1) is 26.4 Å². The monoisotopic (exact) mass is 1310 g/mol. The SMILES string of the molecule is CC(C)CCCCCCCCCCCCCC(=O)OC[C@H](COP(=O)(O)OC[C@@H](O)COP(=O)(O)OC[C@@H](COC(=O)CCCCCCCCC(C)C)OC(=O)CCCCCCCCCCCCC(C)C)OC(=O)CCCCCCCCCCCCC(C)C. The molecule has 2 unspecified atom stereocenters. The van der Waals surface area contributed by atoms with Crippen LogP contribution in [0.2, 0.25) is 0 Å². The zero-order chi connectivity index (χ0) is 66.1. The van der Waals surface area contributed by atoms with E-state index < -0.39 is 97.5 Å². The third kappa shape index (κ3) is 64.6. The lowest BCUT2D eigenvalue weighted by Gasteiger charge is -2.21. The standard InChI is InChI=1S/C70H136O17P2/c1-60(2)46-38-30-22-16-10-9-11-19-25-34-42-50-67(72)80-56-65(86-69(74)52-44-36-26-20-14-12-17-23-31-39-47-61(3)4)58-84-88(76,77)82-54-64(71)55-83-89(78,79)85-59-66(57-81-68(73)51-43-35-29-28-33-41-49-63(7)8)87-70(75)53-45-37-27-21-15-13-18-24-32-40-48-62(5)6/h60-66,71H,9-59H2,1-8H3,(H,76,77)(H,78,79)/t64-,65-,66-/m1/s1. The summed E-state index contributed by atoms with van der Waals surface area (Å²) in [4.78, 5) is 72.5. The molecule has 5 atom stereocenters. The van der Waals surface area contributed by atoms with Gasteiger partial charge in [-0.1, -0.05) is 293 Å². The summed E-state index contributed by atoms with van der Waals surface area (Å²) in [5, 5.41) is 10.6. The molecule has 0 saturated carbocycles. The Hall–Kier alpha value is -1.94. The fourth-order valence-corrected chi connectivity index (χ4v) is 12.1. The molecule has 3 N–H and O–H groups in total. The van der Waals surface area contributed by atoms with Crippen molar-refractivity contribution in [3.63, 3.8) is 0 Å². The van der Waals surface area contributed by atoms with E-state index in [9.17, 15) is 43.2 Å². The van der Waals surface area contributed by atoms with Gasteiger partial charge in [0.15, 0.2) is 12.2 Å². The van der Waals surface area contributed by atoms with Crippen molar-refractivity contribution in [3.8, 4) is 0 Å². The lowest BCUT2D eigenvalue weighted by molar-refractivity contribution is -0.161. The van der Waals surface area contributed by atoms with Crippen molar-refractivity contribution in [1.82, 2.24) is 0 Å². The van der Waals surface area contributed by atoms with E-state index in [1.807, 2.05) is 0 Å². The van der Waals surface area contributed by atoms with Crippen molar-refractivity contribution >= 4 is 39.5 Å². The third-order valence-electron chi connectivity index (χ3n) is 16.1. The van der Waals surface area contributed by atoms with E-state index in [1.54, 1.807) is 0 Å². The van der Waals surface area contributed by atoms with E-state index in [2.05, 4.69) is 55.4 Å². The summed E-state index contributed by atoms with van der Waals surface area (Å²) in [6.07, 6.45) is 41.8. The van der Waals surface area contributed by atoms with Crippen LogP contribution in [0.15, 0.2) is 0 Å². The molecule has 0 aliphatic heterocycles. The molecule has 0 bridgehead atoms. The molecule has 0 aromatic heterocycles. The number of esters is 4. The molecule has 0 saturated heterocycles. The second-order valence-corrected chi connectivity index (χ2v) is 30.1. The molecule has 0 aromatic rings. The van der Waals surface area contributed by atoms with Crippen molar-refractivity contribution in [3.05, 3.63) is 0 Å². The van der Waals surface area contributed by atoms with Crippen molar-refractivity contribution in [2.45, 2.75) is 363 Å². The molecule has 0 heterocycles. The van der Waals surface area contributed by atoms with Crippen LogP contribution in [0.3, 0.4) is 0 Å². The molecule has 0 aliphatic carbocycles. The number of unbranched alkanes of at least 4 members (excludes halogenated alkanes) is 33. The van der Waals surface area contributed by atoms with Gasteiger partial charge >= 0.3 is 39.5 Å². The van der Waals surface area contributed by atoms with E-state index in [0.717, 1.165) is 114 Å². The molecule has 0 aromatic carbocycles. The summed E-state index contributed by atoms with van der Waals surface area (Å²) >= 11 is 0. The number of aliphatic hydroxyl groups excluding tert-OH is 1. The normalized spacial score (nSPS) is 14.3. The quantitative estimate of drug-likeness (QED) is 0.0222. The molecular weight excluding hydrogens is 1170 g/mol. The predicted octanol–water partition coefficient (Wildman–Crippen LogP) is 19.7. The minimum atomic E-state index is -4.95. The summed E-state index contributed by atoms with van der Waals surface area (Å²) in [6.45, 7) is 14.1. The van der Waals surface area contributed by atoms with Gasteiger partial charge in [-0.25, -0.2) is 9.13 Å². The highest BCUT2D eigenvalue weighted by molar-refractivity contribution is 7.47. The average molecular weight is 1310 g/mol. The summed E-state index contributed by atoms with van der Waals surface area (Å²) < 4.78 is 68.3. The lowest BCUT2D eigenvalue weighted by Crippen LogP contribution is -2.30. The fourth-order valence-electron chi connectivity index (χ4n) is 10.5. The van der Waals surface area contributed by atoms with Crippen molar-refractivity contribution in [1.29, 1.82) is 0 Å². The number of rotatable bonds is 67. The number of hydrogen-bond donors (Lipinski definition) is 3. The van der Waals surface area contributed by atoms with Gasteiger partial charge in [0.1, 0.15) is 19.3 Å². The van der Waals surface area contributed by atoms with Crippen LogP contribution >= 0.6 is 15.6 Å². The van der Waals surface area contributed by atoms with Crippen LogP contribution in [0.1, 0.15) is 344 Å². The first-order chi connectivity index (χ1) is 42.6. The molecule has 0 spiro atoms. The number of carbonyl (C=O) groups excluding carboxylic acids is 4. The Morgan fingerprint density at radius 1 is 0.281 bits per heavy atom. The number of phosphoric ester groups is 2. The van der Waals surface area contributed by atoms with Crippen LogP contribution in [-0.4, -0.2) is 96.7 Å². The Bertz CT molecular complexity index is 1760. The first-order valence-corrected chi connectivity index (χ1v) is 39.2. The minimum absolute atomic E-state index is 0.104. The van der Waals surface area contributed by atoms with Crippen LogP contribution in [-0.2, 0) is 65.4 Å². The number of phosphoric acid groups is 2. The molecule has 528 valence electrons. The Morgan fingerprint density at radius 2 is 0.472 bits per heavy atom. The molecule has 0 fully saturated rings. The van der Waals surface area contributed by atoms with E-state index in [-0.39, 0.29) is 25.7 Å². The zero-order valence-corrected chi connectivity index (χ0v) is 59.8. The van der Waals surface area contributed by atoms with Gasteiger partial charge in [0.2, 0.25) is 0 Å². The van der Waals surface area contributed by atoms with Crippen molar-refractivity contribution < 1.29 is 80.2 Å². The molecular formula is C70H136O17P2. The van der Waals surface area contributed by atoms with Gasteiger partial charge < -0.3 is 33.8 Å². The third-order valence-corrected chi connectivity index (χ3v) is 18.0. The highest BCUT2D eigenvalue weighted by atomic mass is 31.2. The van der Waals surface area contributed by atoms with E-state index in [0.29, 0.717) is 31.6 Å². The number of aliphatic hydroxyl groups is 1. The first kappa shape index (κ1) is 87.1. The number of hydrogen-bond acceptors (Lipinski definition) is 15. The Balaban J connectivity index is 5.25. The van der Waals surface area contributed by atoms with Gasteiger partial charge in [-0.15, -0.1) is 0 Å². The van der Waals surface area contributed by atoms with Gasteiger partial charge in [-0.3, -0.25) is 37.3 Å². The molecule has 17 nitrogen and oxygen atoms in total. The fraction of sp³-hybridized carbons (Fsp3) is 0.943. The Labute approximate surface area is 543 Å². The first-order valence-electron chi connectivity index (χ1n) is 36.2. The second-order valence-electron chi connectivity index (χ2n) is 27.2. The lowest BCUT2D eigenvalue weighted by atomic mass is 10.0. The Morgan fingerprint density at radius 3 is 0.697 bits per heavy atom. The molecule has 0 rings (SSSR count). The molecule has 89 heavy (non-hydrogen) atoms. The van der Waals surface area contributed by atoms with Crippen molar-refractivity contribution in [2.24, 2.45) is 23.7 Å². The smallest absolute Gasteiger partial charge is 0.462 e. The summed E-state index contributed by atoms with van der Waals surface area (Å²) in [5.74, 6) is 0.824. The Kier molecular flexibility index (Phi) is 58.5. The molecule has 0 amide bonds. The zero-order valence-electron chi connectivity index (χ0n) is 58.1. The van der Waals surface area contributed by atoms with Gasteiger partial charge in [0.25, 0.3) is 0 Å². The van der Waals surface area contributed by atoms with E-state index >= 15 is 0 Å². The number of ether oxygens (including phenoxy) is 4. The molecule has 0 aliphatic rings. The van der Waals surface area contributed by atoms with Gasteiger partial charge in [-0.2, -0.15) is 0 Å². The molecule has 19 heteroatoms. The van der Waals surface area contributed by atoms with Crippen molar-refractivity contribution in [2.75, 3.05) is 39.6 Å². The van der Waals surface area contributed by atoms with Crippen LogP contribution in [0.25, 0.3) is 0 Å². The van der Waals surface area contributed by atoms with Crippen LogP contribution < -0.4 is 0 Å². The van der Waals surface area contributed by atoms with Crippen LogP contribution in [0.4, 0.5) is 0 Å². The van der Waals surface area contributed by atoms with Crippen LogP contribution in [0, 0.1) is 23.7 Å². The summed E-state index contributed by atoms with van der Waals surface area (Å²) in [7, 11) is -9.90. The predicted molar refractivity (Wildman–Crippen MR) is 358 cm³/mol. The van der Waals surface area contributed by atoms with Gasteiger partial charge in [-0.05, 0) is 49.4 Å².